The van der Waals surface area contributed by atoms with Gasteiger partial charge in [-0.2, -0.15) is 4.31 Å². The van der Waals surface area contributed by atoms with Crippen LogP contribution in [0, 0.1) is 6.92 Å². The molecule has 0 aliphatic heterocycles. The van der Waals surface area contributed by atoms with E-state index in [1.165, 1.54) is 27.3 Å². The Bertz CT molecular complexity index is 964. The average molecular weight is 408 g/mol. The van der Waals surface area contributed by atoms with Gasteiger partial charge in [0.05, 0.1) is 11.4 Å². The molecule has 0 fully saturated rings. The molecule has 1 aromatic heterocycles. The molecule has 2 aromatic rings. The van der Waals surface area contributed by atoms with Gasteiger partial charge in [0.25, 0.3) is 5.91 Å². The maximum absolute atomic E-state index is 12.8. The van der Waals surface area contributed by atoms with Gasteiger partial charge in [-0.1, -0.05) is 19.9 Å². The predicted octanol–water partition coefficient (Wildman–Crippen LogP) is 1.24. The summed E-state index contributed by atoms with van der Waals surface area (Å²) >= 11 is 0. The first kappa shape index (κ1) is 21.6. The minimum Gasteiger partial charge on any atom is -0.480 e. The van der Waals surface area contributed by atoms with E-state index in [9.17, 15) is 18.0 Å². The first-order valence-electron chi connectivity index (χ1n) is 8.81. The van der Waals surface area contributed by atoms with E-state index in [-0.39, 0.29) is 23.5 Å². The normalized spacial score (nSPS) is 11.6. The number of aliphatic carboxylic acids is 1. The monoisotopic (exact) mass is 408 g/mol. The number of hydrogen-bond acceptors (Lipinski definition) is 5. The molecule has 1 heterocycles. The zero-order valence-electron chi connectivity index (χ0n) is 16.0. The number of sulfonamides is 1. The molecular formula is C18H24N4O5S. The number of amides is 1. The smallest absolute Gasteiger partial charge is 0.323 e. The number of nitrogens with zero attached hydrogens (tertiary/aromatic N) is 3. The van der Waals surface area contributed by atoms with Gasteiger partial charge < -0.3 is 15.0 Å². The molecule has 0 bridgehead atoms. The van der Waals surface area contributed by atoms with Crippen LogP contribution in [0.4, 0.5) is 0 Å². The number of imidazole rings is 1. The summed E-state index contributed by atoms with van der Waals surface area (Å²) in [4.78, 5) is 27.5. The van der Waals surface area contributed by atoms with E-state index in [1.54, 1.807) is 32.9 Å². The van der Waals surface area contributed by atoms with Gasteiger partial charge in [0.1, 0.15) is 12.4 Å². The highest BCUT2D eigenvalue weighted by molar-refractivity contribution is 7.89. The van der Waals surface area contributed by atoms with Crippen LogP contribution in [0.3, 0.4) is 0 Å². The summed E-state index contributed by atoms with van der Waals surface area (Å²) in [6.45, 7) is 5.62. The summed E-state index contributed by atoms with van der Waals surface area (Å²) in [6.07, 6.45) is 2.96. The first-order chi connectivity index (χ1) is 13.2. The second-order valence-electron chi connectivity index (χ2n) is 6.12. The predicted molar refractivity (Wildman–Crippen MR) is 102 cm³/mol. The quantitative estimate of drug-likeness (QED) is 0.644. The molecule has 2 N–H and O–H groups in total. The Kier molecular flexibility index (Phi) is 6.92. The second-order valence-corrected chi connectivity index (χ2v) is 8.02. The van der Waals surface area contributed by atoms with E-state index in [0.29, 0.717) is 24.5 Å². The third-order valence-electron chi connectivity index (χ3n) is 4.29. The van der Waals surface area contributed by atoms with Crippen LogP contribution in [0.2, 0.25) is 0 Å². The molecule has 0 saturated carbocycles. The number of rotatable bonds is 9. The molecule has 2 rings (SSSR count). The van der Waals surface area contributed by atoms with Crippen molar-refractivity contribution in [1.29, 1.82) is 0 Å². The highest BCUT2D eigenvalue weighted by atomic mass is 32.2. The molecule has 0 aliphatic rings. The van der Waals surface area contributed by atoms with Crippen LogP contribution < -0.4 is 5.32 Å². The fraction of sp³-hybridized carbons (Fsp3) is 0.389. The maximum atomic E-state index is 12.8. The molecule has 0 spiro atoms. The third kappa shape index (κ3) is 4.76. The summed E-state index contributed by atoms with van der Waals surface area (Å²) < 4.78 is 28.4. The lowest BCUT2D eigenvalue weighted by molar-refractivity contribution is -0.137. The van der Waals surface area contributed by atoms with E-state index < -0.39 is 21.9 Å². The van der Waals surface area contributed by atoms with Crippen LogP contribution in [-0.4, -0.2) is 52.3 Å². The molecule has 0 aliphatic carbocycles. The van der Waals surface area contributed by atoms with Crippen molar-refractivity contribution in [1.82, 2.24) is 19.2 Å². The fourth-order valence-electron chi connectivity index (χ4n) is 2.78. The van der Waals surface area contributed by atoms with Gasteiger partial charge in [-0.25, -0.2) is 13.4 Å². The van der Waals surface area contributed by atoms with Crippen LogP contribution >= 0.6 is 0 Å². The number of carboxylic acids is 1. The lowest BCUT2D eigenvalue weighted by atomic mass is 10.1. The van der Waals surface area contributed by atoms with Crippen molar-refractivity contribution >= 4 is 21.9 Å². The Labute approximate surface area is 164 Å². The van der Waals surface area contributed by atoms with E-state index in [1.807, 2.05) is 0 Å². The minimum atomic E-state index is -3.69. The summed E-state index contributed by atoms with van der Waals surface area (Å²) in [5.74, 6) is -1.10. The Morgan fingerprint density at radius 1 is 1.25 bits per heavy atom. The van der Waals surface area contributed by atoms with E-state index in [2.05, 4.69) is 10.3 Å². The van der Waals surface area contributed by atoms with Gasteiger partial charge in [0.2, 0.25) is 10.0 Å². The van der Waals surface area contributed by atoms with Crippen molar-refractivity contribution in [2.45, 2.75) is 38.8 Å². The van der Waals surface area contributed by atoms with Gasteiger partial charge >= 0.3 is 5.97 Å². The molecule has 1 amide bonds. The van der Waals surface area contributed by atoms with Crippen molar-refractivity contribution in [3.05, 3.63) is 47.5 Å². The average Bonchev–Trinajstić information content (AvgIpc) is 3.07. The second kappa shape index (κ2) is 8.98. The molecular weight excluding hydrogens is 384 g/mol. The molecule has 0 saturated heterocycles. The summed E-state index contributed by atoms with van der Waals surface area (Å²) in [5, 5.41) is 11.5. The number of carbonyl (C=O) groups is 2. The molecule has 0 unspecified atom stereocenters. The highest BCUT2D eigenvalue weighted by Gasteiger charge is 2.24. The SMILES string of the molecule is CCN(CC)S(=O)(=O)c1cc(C(=O)NCc2nccn2CC(=O)O)ccc1C. The summed E-state index contributed by atoms with van der Waals surface area (Å²) in [5.41, 5.74) is 0.758. The van der Waals surface area contributed by atoms with Crippen molar-refractivity contribution in [2.75, 3.05) is 13.1 Å². The van der Waals surface area contributed by atoms with E-state index in [4.69, 9.17) is 5.11 Å². The Morgan fingerprint density at radius 3 is 2.54 bits per heavy atom. The fourth-order valence-corrected chi connectivity index (χ4v) is 4.49. The number of hydrogen-bond donors (Lipinski definition) is 2. The van der Waals surface area contributed by atoms with Crippen LogP contribution in [-0.2, 0) is 27.9 Å². The number of carbonyl (C=O) groups excluding carboxylic acids is 1. The van der Waals surface area contributed by atoms with Crippen molar-refractivity contribution in [3.8, 4) is 0 Å². The number of aryl methyl sites for hydroxylation is 1. The Morgan fingerprint density at radius 2 is 1.93 bits per heavy atom. The standard InChI is InChI=1S/C18H24N4O5S/c1-4-22(5-2)28(26,27)15-10-14(7-6-13(15)3)18(25)20-11-16-19-8-9-21(16)12-17(23)24/h6-10H,4-5,11-12H2,1-3H3,(H,20,25)(H,23,24). The van der Waals surface area contributed by atoms with Gasteiger partial charge in [-0.05, 0) is 24.6 Å². The molecule has 10 heteroatoms. The number of aromatic nitrogens is 2. The summed E-state index contributed by atoms with van der Waals surface area (Å²) in [6, 6.07) is 4.51. The van der Waals surface area contributed by atoms with Crippen molar-refractivity contribution in [2.24, 2.45) is 0 Å². The zero-order valence-corrected chi connectivity index (χ0v) is 16.9. The molecule has 152 valence electrons. The van der Waals surface area contributed by atoms with Crippen LogP contribution in [0.5, 0.6) is 0 Å². The van der Waals surface area contributed by atoms with Gasteiger partial charge in [0, 0.05) is 31.0 Å². The van der Waals surface area contributed by atoms with Crippen molar-refractivity contribution in [3.63, 3.8) is 0 Å². The maximum Gasteiger partial charge on any atom is 0.323 e. The molecule has 0 atom stereocenters. The highest BCUT2D eigenvalue weighted by Crippen LogP contribution is 2.21. The molecule has 1 aromatic carbocycles. The van der Waals surface area contributed by atoms with Gasteiger partial charge in [-0.15, -0.1) is 0 Å². The van der Waals surface area contributed by atoms with Crippen molar-refractivity contribution < 1.29 is 23.1 Å². The summed E-state index contributed by atoms with van der Waals surface area (Å²) in [7, 11) is -3.69. The molecule has 28 heavy (non-hydrogen) atoms. The lowest BCUT2D eigenvalue weighted by Gasteiger charge is -2.20. The van der Waals surface area contributed by atoms with Crippen LogP contribution in [0.15, 0.2) is 35.5 Å². The van der Waals surface area contributed by atoms with Gasteiger partial charge in [-0.3, -0.25) is 9.59 Å². The Hall–Kier alpha value is -2.72. The molecule has 9 nitrogen and oxygen atoms in total. The number of carboxylic acid groups (broad SMARTS) is 1. The van der Waals surface area contributed by atoms with Crippen LogP contribution in [0.1, 0.15) is 35.6 Å². The Balaban J connectivity index is 2.21. The van der Waals surface area contributed by atoms with E-state index >= 15 is 0 Å². The van der Waals surface area contributed by atoms with E-state index in [0.717, 1.165) is 0 Å². The number of nitrogens with one attached hydrogen (secondary N) is 1. The topological polar surface area (TPSA) is 122 Å². The zero-order chi connectivity index (χ0) is 20.9. The minimum absolute atomic E-state index is 0.0190. The first-order valence-corrected chi connectivity index (χ1v) is 10.3. The largest absolute Gasteiger partial charge is 0.480 e. The lowest BCUT2D eigenvalue weighted by Crippen LogP contribution is -2.31. The number of benzene rings is 1. The van der Waals surface area contributed by atoms with Crippen LogP contribution in [0.25, 0.3) is 0 Å². The van der Waals surface area contributed by atoms with Gasteiger partial charge in [0.15, 0.2) is 0 Å². The third-order valence-corrected chi connectivity index (χ3v) is 6.48. The molecule has 0 radical (unpaired) electrons.